The van der Waals surface area contributed by atoms with E-state index in [0.29, 0.717) is 13.1 Å². The summed E-state index contributed by atoms with van der Waals surface area (Å²) in [7, 11) is 0. The highest BCUT2D eigenvalue weighted by atomic mass is 16.3. The number of hydrogen-bond donors (Lipinski definition) is 2. The topological polar surface area (TPSA) is 35.5 Å². The van der Waals surface area contributed by atoms with Crippen LogP contribution in [0.5, 0.6) is 0 Å². The maximum atomic E-state index is 9.92. The standard InChI is InChI=1S/C14H22N2O/c1-11-5-4-6-12(7-11)16-9-13(17)8-15-14(2,3)10-16/h4-7,13,15,17H,8-10H2,1-3H3. The average Bonchev–Trinajstić information content (AvgIpc) is 2.38. The van der Waals surface area contributed by atoms with Crippen molar-refractivity contribution in [3.8, 4) is 0 Å². The van der Waals surface area contributed by atoms with Crippen molar-refractivity contribution < 1.29 is 5.11 Å². The average molecular weight is 234 g/mol. The van der Waals surface area contributed by atoms with Gasteiger partial charge < -0.3 is 15.3 Å². The number of nitrogens with one attached hydrogen (secondary N) is 1. The van der Waals surface area contributed by atoms with E-state index in [1.165, 1.54) is 11.3 Å². The van der Waals surface area contributed by atoms with Crippen LogP contribution in [-0.2, 0) is 0 Å². The lowest BCUT2D eigenvalue weighted by Crippen LogP contribution is -2.46. The van der Waals surface area contributed by atoms with E-state index >= 15 is 0 Å². The van der Waals surface area contributed by atoms with Crippen LogP contribution in [0, 0.1) is 6.92 Å². The van der Waals surface area contributed by atoms with Crippen molar-refractivity contribution in [2.45, 2.75) is 32.4 Å². The molecule has 0 aromatic heterocycles. The number of β-amino-alcohol motifs (C(OH)–C–C–N with tert-alkyl or cyclic N) is 1. The fraction of sp³-hybridized carbons (Fsp3) is 0.571. The molecule has 0 saturated carbocycles. The van der Waals surface area contributed by atoms with Crippen LogP contribution in [0.3, 0.4) is 0 Å². The zero-order chi connectivity index (χ0) is 12.5. The predicted octanol–water partition coefficient (Wildman–Crippen LogP) is 1.54. The molecule has 3 heteroatoms. The van der Waals surface area contributed by atoms with Crippen molar-refractivity contribution in [3.05, 3.63) is 29.8 Å². The number of hydrogen-bond acceptors (Lipinski definition) is 3. The van der Waals surface area contributed by atoms with Gasteiger partial charge in [-0.15, -0.1) is 0 Å². The van der Waals surface area contributed by atoms with Crippen molar-refractivity contribution in [3.63, 3.8) is 0 Å². The molecule has 1 aromatic rings. The minimum absolute atomic E-state index is 0.0290. The number of benzene rings is 1. The quantitative estimate of drug-likeness (QED) is 0.774. The first-order valence-electron chi connectivity index (χ1n) is 6.21. The first kappa shape index (κ1) is 12.4. The van der Waals surface area contributed by atoms with Gasteiger partial charge in [-0.2, -0.15) is 0 Å². The molecule has 0 aliphatic carbocycles. The molecule has 3 nitrogen and oxygen atoms in total. The molecule has 1 aliphatic rings. The molecule has 1 unspecified atom stereocenters. The second-order valence-electron chi connectivity index (χ2n) is 5.64. The molecule has 17 heavy (non-hydrogen) atoms. The zero-order valence-corrected chi connectivity index (χ0v) is 10.9. The van der Waals surface area contributed by atoms with Gasteiger partial charge in [0.15, 0.2) is 0 Å². The van der Waals surface area contributed by atoms with Crippen molar-refractivity contribution >= 4 is 5.69 Å². The maximum Gasteiger partial charge on any atom is 0.0839 e. The third kappa shape index (κ3) is 3.20. The second kappa shape index (κ2) is 4.67. The van der Waals surface area contributed by atoms with Gasteiger partial charge >= 0.3 is 0 Å². The molecule has 1 fully saturated rings. The number of aryl methyl sites for hydroxylation is 1. The SMILES string of the molecule is Cc1cccc(N2CC(O)CNC(C)(C)C2)c1. The van der Waals surface area contributed by atoms with Crippen LogP contribution in [0.15, 0.2) is 24.3 Å². The van der Waals surface area contributed by atoms with Gasteiger partial charge in [-0.3, -0.25) is 0 Å². The van der Waals surface area contributed by atoms with Gasteiger partial charge in [0.1, 0.15) is 0 Å². The Labute approximate surface area is 103 Å². The van der Waals surface area contributed by atoms with E-state index in [1.807, 2.05) is 0 Å². The van der Waals surface area contributed by atoms with E-state index in [4.69, 9.17) is 0 Å². The van der Waals surface area contributed by atoms with E-state index in [9.17, 15) is 5.11 Å². The monoisotopic (exact) mass is 234 g/mol. The highest BCUT2D eigenvalue weighted by Gasteiger charge is 2.27. The third-order valence-corrected chi connectivity index (χ3v) is 3.20. The Bertz CT molecular complexity index is 390. The Morgan fingerprint density at radius 1 is 1.41 bits per heavy atom. The Morgan fingerprint density at radius 2 is 2.18 bits per heavy atom. The van der Waals surface area contributed by atoms with E-state index < -0.39 is 0 Å². The molecular weight excluding hydrogens is 212 g/mol. The normalized spacial score (nSPS) is 24.5. The minimum atomic E-state index is -0.308. The fourth-order valence-electron chi connectivity index (χ4n) is 2.33. The molecule has 1 atom stereocenters. The summed E-state index contributed by atoms with van der Waals surface area (Å²) < 4.78 is 0. The minimum Gasteiger partial charge on any atom is -0.390 e. The van der Waals surface area contributed by atoms with E-state index in [1.54, 1.807) is 0 Å². The van der Waals surface area contributed by atoms with Gasteiger partial charge in [-0.1, -0.05) is 12.1 Å². The molecule has 1 aliphatic heterocycles. The molecule has 2 N–H and O–H groups in total. The summed E-state index contributed by atoms with van der Waals surface area (Å²) in [6.07, 6.45) is -0.308. The highest BCUT2D eigenvalue weighted by molar-refractivity contribution is 5.49. The van der Waals surface area contributed by atoms with Crippen LogP contribution < -0.4 is 10.2 Å². The molecule has 0 radical (unpaired) electrons. The molecule has 1 heterocycles. The van der Waals surface area contributed by atoms with Gasteiger partial charge in [-0.05, 0) is 38.5 Å². The van der Waals surface area contributed by atoms with Gasteiger partial charge in [0, 0.05) is 30.9 Å². The van der Waals surface area contributed by atoms with Crippen LogP contribution in [-0.4, -0.2) is 36.4 Å². The van der Waals surface area contributed by atoms with Gasteiger partial charge in [0.25, 0.3) is 0 Å². The Hall–Kier alpha value is -1.06. The maximum absolute atomic E-state index is 9.92. The largest absolute Gasteiger partial charge is 0.390 e. The van der Waals surface area contributed by atoms with Crippen molar-refractivity contribution in [2.24, 2.45) is 0 Å². The molecule has 0 amide bonds. The van der Waals surface area contributed by atoms with Crippen molar-refractivity contribution in [1.82, 2.24) is 5.32 Å². The molecule has 0 spiro atoms. The highest BCUT2D eigenvalue weighted by Crippen LogP contribution is 2.20. The lowest BCUT2D eigenvalue weighted by atomic mass is 10.1. The van der Waals surface area contributed by atoms with Gasteiger partial charge in [0.05, 0.1) is 6.10 Å². The molecule has 2 rings (SSSR count). The summed E-state index contributed by atoms with van der Waals surface area (Å²) >= 11 is 0. The lowest BCUT2D eigenvalue weighted by Gasteiger charge is -2.31. The van der Waals surface area contributed by atoms with Crippen LogP contribution in [0.25, 0.3) is 0 Å². The predicted molar refractivity (Wildman–Crippen MR) is 71.5 cm³/mol. The van der Waals surface area contributed by atoms with Crippen LogP contribution in [0.1, 0.15) is 19.4 Å². The van der Waals surface area contributed by atoms with Crippen LogP contribution in [0.4, 0.5) is 5.69 Å². The summed E-state index contributed by atoms with van der Waals surface area (Å²) in [5.74, 6) is 0. The molecule has 1 aromatic carbocycles. The Balaban J connectivity index is 2.23. The van der Waals surface area contributed by atoms with Crippen molar-refractivity contribution in [2.75, 3.05) is 24.5 Å². The number of nitrogens with zero attached hydrogens (tertiary/aromatic N) is 1. The summed E-state index contributed by atoms with van der Waals surface area (Å²) in [5.41, 5.74) is 2.48. The Kier molecular flexibility index (Phi) is 3.40. The second-order valence-corrected chi connectivity index (χ2v) is 5.64. The van der Waals surface area contributed by atoms with Crippen LogP contribution >= 0.6 is 0 Å². The smallest absolute Gasteiger partial charge is 0.0839 e. The molecule has 94 valence electrons. The summed E-state index contributed by atoms with van der Waals surface area (Å²) in [5, 5.41) is 13.3. The number of aliphatic hydroxyl groups is 1. The van der Waals surface area contributed by atoms with Gasteiger partial charge in [-0.25, -0.2) is 0 Å². The summed E-state index contributed by atoms with van der Waals surface area (Å²) in [4.78, 5) is 2.26. The summed E-state index contributed by atoms with van der Waals surface area (Å²) in [6, 6.07) is 8.46. The van der Waals surface area contributed by atoms with E-state index in [0.717, 1.165) is 6.54 Å². The molecule has 1 saturated heterocycles. The molecular formula is C14H22N2O. The Morgan fingerprint density at radius 3 is 2.88 bits per heavy atom. The number of aliphatic hydroxyl groups excluding tert-OH is 1. The fourth-order valence-corrected chi connectivity index (χ4v) is 2.33. The van der Waals surface area contributed by atoms with E-state index in [-0.39, 0.29) is 11.6 Å². The third-order valence-electron chi connectivity index (χ3n) is 3.20. The summed E-state index contributed by atoms with van der Waals surface area (Å²) in [6.45, 7) is 8.71. The number of rotatable bonds is 1. The van der Waals surface area contributed by atoms with E-state index in [2.05, 4.69) is 55.3 Å². The number of anilines is 1. The zero-order valence-electron chi connectivity index (χ0n) is 10.9. The van der Waals surface area contributed by atoms with Crippen LogP contribution in [0.2, 0.25) is 0 Å². The molecule has 0 bridgehead atoms. The van der Waals surface area contributed by atoms with Crippen molar-refractivity contribution in [1.29, 1.82) is 0 Å². The lowest BCUT2D eigenvalue weighted by molar-refractivity contribution is 0.179. The van der Waals surface area contributed by atoms with Gasteiger partial charge in [0.2, 0.25) is 0 Å². The first-order valence-corrected chi connectivity index (χ1v) is 6.21. The first-order chi connectivity index (χ1) is 7.96.